The summed E-state index contributed by atoms with van der Waals surface area (Å²) in [6, 6.07) is 6.18. The second-order valence-electron chi connectivity index (χ2n) is 8.70. The van der Waals surface area contributed by atoms with Crippen LogP contribution in [-0.2, 0) is 4.79 Å². The minimum absolute atomic E-state index is 0.351. The molecule has 1 aromatic rings. The molecule has 28 heavy (non-hydrogen) atoms. The van der Waals surface area contributed by atoms with E-state index in [0.717, 1.165) is 36.0 Å². The third-order valence-corrected chi connectivity index (χ3v) is 5.79. The van der Waals surface area contributed by atoms with Crippen molar-refractivity contribution in [2.75, 3.05) is 0 Å². The van der Waals surface area contributed by atoms with Gasteiger partial charge in [-0.2, -0.15) is 0 Å². The summed E-state index contributed by atoms with van der Waals surface area (Å²) in [5, 5.41) is 9.61. The van der Waals surface area contributed by atoms with Crippen LogP contribution in [0.5, 0.6) is 0 Å². The van der Waals surface area contributed by atoms with Crippen LogP contribution in [0.25, 0.3) is 0 Å². The van der Waals surface area contributed by atoms with Gasteiger partial charge in [0.25, 0.3) is 0 Å². The Morgan fingerprint density at radius 1 is 0.714 bits per heavy atom. The van der Waals surface area contributed by atoms with Crippen molar-refractivity contribution in [3.63, 3.8) is 0 Å². The molecule has 0 spiro atoms. The van der Waals surface area contributed by atoms with Crippen molar-refractivity contribution in [2.45, 2.75) is 123 Å². The fraction of sp³-hybridized carbons (Fsp3) is 0.731. The van der Waals surface area contributed by atoms with Crippen molar-refractivity contribution in [3.8, 4) is 0 Å². The van der Waals surface area contributed by atoms with Crippen molar-refractivity contribution < 1.29 is 9.90 Å². The third kappa shape index (κ3) is 11.5. The van der Waals surface area contributed by atoms with E-state index in [2.05, 4.69) is 13.0 Å². The molecule has 1 rings (SSSR count). The highest BCUT2D eigenvalue weighted by Crippen LogP contribution is 2.25. The molecule has 0 aliphatic carbocycles. The Morgan fingerprint density at radius 2 is 1.11 bits per heavy atom. The average molecular weight is 389 g/mol. The van der Waals surface area contributed by atoms with Crippen molar-refractivity contribution in [1.29, 1.82) is 0 Å². The van der Waals surface area contributed by atoms with E-state index in [1.165, 1.54) is 77.0 Å². The predicted molar refractivity (Wildman–Crippen MR) is 121 cm³/mol. The van der Waals surface area contributed by atoms with Crippen LogP contribution in [0.15, 0.2) is 18.2 Å². The third-order valence-electron chi connectivity index (χ3n) is 5.79. The van der Waals surface area contributed by atoms with Crippen LogP contribution in [-0.4, -0.2) is 11.1 Å². The van der Waals surface area contributed by atoms with Gasteiger partial charge in [-0.25, -0.2) is 0 Å². The maximum Gasteiger partial charge on any atom is 0.310 e. The van der Waals surface area contributed by atoms with Crippen molar-refractivity contribution in [3.05, 3.63) is 34.9 Å². The monoisotopic (exact) mass is 388 g/mol. The molecule has 2 heteroatoms. The van der Waals surface area contributed by atoms with Gasteiger partial charge in [0.2, 0.25) is 0 Å². The van der Waals surface area contributed by atoms with Crippen molar-refractivity contribution in [1.82, 2.24) is 0 Å². The van der Waals surface area contributed by atoms with E-state index in [1.54, 1.807) is 0 Å². The van der Waals surface area contributed by atoms with Gasteiger partial charge in [0, 0.05) is 0 Å². The number of carboxylic acid groups (broad SMARTS) is 1. The summed E-state index contributed by atoms with van der Waals surface area (Å²) in [4.78, 5) is 11.7. The molecule has 0 amide bonds. The van der Waals surface area contributed by atoms with Gasteiger partial charge in [-0.15, -0.1) is 0 Å². The van der Waals surface area contributed by atoms with E-state index in [4.69, 9.17) is 0 Å². The Labute approximate surface area is 174 Å². The molecule has 2 nitrogen and oxygen atoms in total. The summed E-state index contributed by atoms with van der Waals surface area (Å²) in [7, 11) is 0. The van der Waals surface area contributed by atoms with Crippen molar-refractivity contribution >= 4 is 5.97 Å². The lowest BCUT2D eigenvalue weighted by molar-refractivity contribution is -0.139. The fourth-order valence-corrected chi connectivity index (χ4v) is 4.19. The zero-order valence-electron chi connectivity index (χ0n) is 18.8. The molecule has 1 unspecified atom stereocenters. The molecule has 0 aliphatic rings. The number of carbonyl (C=O) groups is 1. The van der Waals surface area contributed by atoms with Gasteiger partial charge in [-0.05, 0) is 25.8 Å². The van der Waals surface area contributed by atoms with E-state index in [-0.39, 0.29) is 5.92 Å². The van der Waals surface area contributed by atoms with E-state index < -0.39 is 5.97 Å². The first-order valence-electron chi connectivity index (χ1n) is 11.9. The average Bonchev–Trinajstić information content (AvgIpc) is 2.63. The summed E-state index contributed by atoms with van der Waals surface area (Å²) in [5.41, 5.74) is 3.28. The normalized spacial score (nSPS) is 12.2. The molecule has 0 bridgehead atoms. The standard InChI is InChI=1S/C26H44O2/c1-4-5-6-7-8-9-10-11-12-13-14-15-16-17-18-25(26(27)28)24-20-22(2)19-23(3)21-24/h19-21,25H,4-18H2,1-3H3,(H,27,28). The molecular weight excluding hydrogens is 344 g/mol. The zero-order valence-corrected chi connectivity index (χ0v) is 18.8. The predicted octanol–water partition coefficient (Wildman–Crippen LogP) is 8.34. The summed E-state index contributed by atoms with van der Waals surface area (Å²) in [6.45, 7) is 6.36. The molecule has 0 aliphatic heterocycles. The number of aliphatic carboxylic acids is 1. The largest absolute Gasteiger partial charge is 0.481 e. The fourth-order valence-electron chi connectivity index (χ4n) is 4.19. The van der Waals surface area contributed by atoms with E-state index in [0.29, 0.717) is 0 Å². The topological polar surface area (TPSA) is 37.3 Å². The van der Waals surface area contributed by atoms with Crippen LogP contribution in [0.1, 0.15) is 126 Å². The lowest BCUT2D eigenvalue weighted by atomic mass is 9.91. The Balaban J connectivity index is 2.05. The number of aryl methyl sites for hydroxylation is 2. The molecule has 0 heterocycles. The Kier molecular flexibility index (Phi) is 13.8. The van der Waals surface area contributed by atoms with Gasteiger partial charge in [0.1, 0.15) is 0 Å². The van der Waals surface area contributed by atoms with E-state index >= 15 is 0 Å². The van der Waals surface area contributed by atoms with Crippen molar-refractivity contribution in [2.24, 2.45) is 0 Å². The molecule has 1 atom stereocenters. The number of hydrogen-bond acceptors (Lipinski definition) is 1. The zero-order chi connectivity index (χ0) is 20.6. The van der Waals surface area contributed by atoms with Gasteiger partial charge in [-0.1, -0.05) is 126 Å². The van der Waals surface area contributed by atoms with Crippen LogP contribution >= 0.6 is 0 Å². The Bertz CT molecular complexity index is 515. The van der Waals surface area contributed by atoms with Gasteiger partial charge >= 0.3 is 5.97 Å². The smallest absolute Gasteiger partial charge is 0.310 e. The minimum Gasteiger partial charge on any atom is -0.481 e. The highest BCUT2D eigenvalue weighted by Gasteiger charge is 2.19. The second-order valence-corrected chi connectivity index (χ2v) is 8.70. The number of carboxylic acids is 1. The van der Waals surface area contributed by atoms with Crippen LogP contribution < -0.4 is 0 Å². The quantitative estimate of drug-likeness (QED) is 0.272. The van der Waals surface area contributed by atoms with Crippen LogP contribution in [0.4, 0.5) is 0 Å². The lowest BCUT2D eigenvalue weighted by Crippen LogP contribution is -2.12. The highest BCUT2D eigenvalue weighted by molar-refractivity contribution is 5.76. The van der Waals surface area contributed by atoms with E-state index in [1.807, 2.05) is 26.0 Å². The minimum atomic E-state index is -0.681. The molecule has 160 valence electrons. The van der Waals surface area contributed by atoms with E-state index in [9.17, 15) is 9.90 Å². The molecule has 0 saturated carbocycles. The molecule has 0 fully saturated rings. The number of hydrogen-bond donors (Lipinski definition) is 1. The van der Waals surface area contributed by atoms with Crippen LogP contribution in [0.3, 0.4) is 0 Å². The first kappa shape index (κ1) is 24.7. The molecule has 0 aromatic heterocycles. The van der Waals surface area contributed by atoms with Gasteiger partial charge < -0.3 is 5.11 Å². The molecular formula is C26H44O2. The van der Waals surface area contributed by atoms with Gasteiger partial charge in [0.05, 0.1) is 5.92 Å². The van der Waals surface area contributed by atoms with Gasteiger partial charge in [-0.3, -0.25) is 4.79 Å². The SMILES string of the molecule is CCCCCCCCCCCCCCCCC(C(=O)O)c1cc(C)cc(C)c1. The molecule has 0 saturated heterocycles. The maximum absolute atomic E-state index is 11.7. The summed E-state index contributed by atoms with van der Waals surface area (Å²) < 4.78 is 0. The molecule has 1 N–H and O–H groups in total. The summed E-state index contributed by atoms with van der Waals surface area (Å²) in [6.07, 6.45) is 19.4. The van der Waals surface area contributed by atoms with Crippen LogP contribution in [0.2, 0.25) is 0 Å². The number of unbranched alkanes of at least 4 members (excludes halogenated alkanes) is 13. The first-order valence-corrected chi connectivity index (χ1v) is 11.9. The Hall–Kier alpha value is -1.31. The summed E-state index contributed by atoms with van der Waals surface area (Å²) in [5.74, 6) is -1.03. The second kappa shape index (κ2) is 15.6. The lowest BCUT2D eigenvalue weighted by Gasteiger charge is -2.14. The number of benzene rings is 1. The highest BCUT2D eigenvalue weighted by atomic mass is 16.4. The van der Waals surface area contributed by atoms with Gasteiger partial charge in [0.15, 0.2) is 0 Å². The van der Waals surface area contributed by atoms with Crippen LogP contribution in [0, 0.1) is 13.8 Å². The summed E-state index contributed by atoms with van der Waals surface area (Å²) >= 11 is 0. The molecule has 1 aromatic carbocycles. The molecule has 0 radical (unpaired) electrons. The number of rotatable bonds is 17. The first-order chi connectivity index (χ1) is 13.5. The Morgan fingerprint density at radius 3 is 1.50 bits per heavy atom. The maximum atomic E-state index is 11.7.